The molecule has 13 heteroatoms. The van der Waals surface area contributed by atoms with Gasteiger partial charge in [-0.1, -0.05) is 0 Å². The van der Waals surface area contributed by atoms with Crippen LogP contribution in [0.25, 0.3) is 0 Å². The van der Waals surface area contributed by atoms with Crippen molar-refractivity contribution in [2.24, 2.45) is 0 Å². The van der Waals surface area contributed by atoms with Crippen molar-refractivity contribution in [1.82, 2.24) is 0 Å². The van der Waals surface area contributed by atoms with Gasteiger partial charge >= 0.3 is 12.4 Å². The molecule has 0 aliphatic heterocycles. The summed E-state index contributed by atoms with van der Waals surface area (Å²) >= 11 is 0. The molecule has 0 fully saturated rings. The lowest BCUT2D eigenvalue weighted by Crippen LogP contribution is -2.49. The van der Waals surface area contributed by atoms with Gasteiger partial charge in [-0.3, -0.25) is 9.69 Å². The zero-order valence-corrected chi connectivity index (χ0v) is 20.3. The molecule has 1 amide bonds. The summed E-state index contributed by atoms with van der Waals surface area (Å²) in [6.07, 6.45) is -10.1. The first kappa shape index (κ1) is 29.5. The van der Waals surface area contributed by atoms with Gasteiger partial charge in [0.1, 0.15) is 12.4 Å². The number of anilines is 2. The monoisotopic (exact) mass is 558 g/mol. The molecule has 1 atom stereocenters. The quantitative estimate of drug-likeness (QED) is 0.380. The molecule has 1 unspecified atom stereocenters. The first-order chi connectivity index (χ1) is 18.6. The second-order valence-corrected chi connectivity index (χ2v) is 8.52. The summed E-state index contributed by atoms with van der Waals surface area (Å²) in [6.45, 7) is 0.146. The van der Waals surface area contributed by atoms with Crippen LogP contribution in [0.3, 0.4) is 0 Å². The minimum atomic E-state index is -5.07. The number of ether oxygens (including phenoxy) is 1. The standard InChI is InChI=1S/C27H16F6N4O3/c1-25(39,15-40-21-8-2-16(12-34)3-9-21)24(38)37(19-6-4-17(13-35)22(10-19)26(28,29)30)20-7-5-18(14-36)23(11-20)27(31,32)33/h2-11,39H,15H2,1H3. The minimum Gasteiger partial charge on any atom is -0.490 e. The summed E-state index contributed by atoms with van der Waals surface area (Å²) in [5.74, 6) is -1.27. The van der Waals surface area contributed by atoms with E-state index in [1.807, 2.05) is 6.07 Å². The molecule has 0 heterocycles. The Morgan fingerprint density at radius 1 is 0.800 bits per heavy atom. The van der Waals surface area contributed by atoms with E-state index in [1.54, 1.807) is 0 Å². The summed E-state index contributed by atoms with van der Waals surface area (Å²) in [5, 5.41) is 38.1. The van der Waals surface area contributed by atoms with Gasteiger partial charge in [0.25, 0.3) is 5.91 Å². The van der Waals surface area contributed by atoms with Crippen LogP contribution in [0, 0.1) is 34.0 Å². The maximum absolute atomic E-state index is 13.7. The number of carbonyl (C=O) groups excluding carboxylic acids is 1. The van der Waals surface area contributed by atoms with Gasteiger partial charge in [-0.2, -0.15) is 42.1 Å². The van der Waals surface area contributed by atoms with Gasteiger partial charge in [-0.05, 0) is 67.6 Å². The van der Waals surface area contributed by atoms with E-state index >= 15 is 0 Å². The van der Waals surface area contributed by atoms with Crippen molar-refractivity contribution in [2.45, 2.75) is 24.9 Å². The molecule has 3 aromatic carbocycles. The Balaban J connectivity index is 2.15. The lowest BCUT2D eigenvalue weighted by Gasteiger charge is -2.32. The van der Waals surface area contributed by atoms with Crippen LogP contribution in [0.4, 0.5) is 37.7 Å². The number of aliphatic hydroxyl groups is 1. The third-order valence-corrected chi connectivity index (χ3v) is 5.54. The van der Waals surface area contributed by atoms with Crippen LogP contribution in [-0.2, 0) is 17.1 Å². The van der Waals surface area contributed by atoms with Gasteiger partial charge in [-0.25, -0.2) is 0 Å². The van der Waals surface area contributed by atoms with Crippen molar-refractivity contribution in [2.75, 3.05) is 11.5 Å². The van der Waals surface area contributed by atoms with E-state index in [4.69, 9.17) is 20.5 Å². The number of halogens is 6. The summed E-state index contributed by atoms with van der Waals surface area (Å²) < 4.78 is 87.4. The molecule has 0 saturated carbocycles. The van der Waals surface area contributed by atoms with Crippen molar-refractivity contribution in [1.29, 1.82) is 15.8 Å². The third-order valence-electron chi connectivity index (χ3n) is 5.54. The lowest BCUT2D eigenvalue weighted by molar-refractivity contribution is -0.138. The molecule has 0 spiro atoms. The van der Waals surface area contributed by atoms with Crippen LogP contribution in [0.15, 0.2) is 60.7 Å². The van der Waals surface area contributed by atoms with E-state index < -0.39 is 64.1 Å². The number of benzene rings is 3. The number of rotatable bonds is 6. The highest BCUT2D eigenvalue weighted by Crippen LogP contribution is 2.40. The maximum Gasteiger partial charge on any atom is 0.417 e. The Bertz CT molecular complexity index is 1480. The fraction of sp³-hybridized carbons (Fsp3) is 0.185. The Hall–Kier alpha value is -5.06. The number of hydrogen-bond donors (Lipinski definition) is 1. The third kappa shape index (κ3) is 6.32. The fourth-order valence-electron chi connectivity index (χ4n) is 3.54. The number of amides is 1. The topological polar surface area (TPSA) is 121 Å². The van der Waals surface area contributed by atoms with E-state index in [0.717, 1.165) is 31.2 Å². The number of alkyl halides is 6. The molecule has 0 radical (unpaired) electrons. The number of nitrogens with zero attached hydrogens (tertiary/aromatic N) is 4. The Morgan fingerprint density at radius 3 is 1.62 bits per heavy atom. The molecule has 1 N–H and O–H groups in total. The summed E-state index contributed by atoms with van der Waals surface area (Å²) in [7, 11) is 0. The van der Waals surface area contributed by atoms with Crippen LogP contribution < -0.4 is 9.64 Å². The van der Waals surface area contributed by atoms with Crippen molar-refractivity contribution in [3.63, 3.8) is 0 Å². The summed E-state index contributed by atoms with van der Waals surface area (Å²) in [4.78, 5) is 14.0. The van der Waals surface area contributed by atoms with Crippen molar-refractivity contribution < 1.29 is 41.0 Å². The first-order valence-corrected chi connectivity index (χ1v) is 11.0. The van der Waals surface area contributed by atoms with E-state index in [-0.39, 0.29) is 11.3 Å². The predicted octanol–water partition coefficient (Wildman–Crippen LogP) is 5.83. The molecule has 3 rings (SSSR count). The van der Waals surface area contributed by atoms with Crippen molar-refractivity contribution >= 4 is 17.3 Å². The number of hydrogen-bond acceptors (Lipinski definition) is 6. The highest BCUT2D eigenvalue weighted by Gasteiger charge is 2.41. The van der Waals surface area contributed by atoms with E-state index in [2.05, 4.69) is 0 Å². The smallest absolute Gasteiger partial charge is 0.417 e. The van der Waals surface area contributed by atoms with Crippen LogP contribution in [0.5, 0.6) is 5.75 Å². The van der Waals surface area contributed by atoms with E-state index in [0.29, 0.717) is 17.0 Å². The SMILES string of the molecule is CC(O)(COc1ccc(C#N)cc1)C(=O)N(c1ccc(C#N)c(C(F)(F)F)c1)c1ccc(C#N)c(C(F)(F)F)c1. The predicted molar refractivity (Wildman–Crippen MR) is 127 cm³/mol. The normalized spacial score (nSPS) is 12.8. The second-order valence-electron chi connectivity index (χ2n) is 8.52. The van der Waals surface area contributed by atoms with E-state index in [9.17, 15) is 36.2 Å². The van der Waals surface area contributed by atoms with Gasteiger partial charge in [0.15, 0.2) is 5.60 Å². The van der Waals surface area contributed by atoms with Crippen LogP contribution in [-0.4, -0.2) is 23.2 Å². The zero-order chi connectivity index (χ0) is 29.9. The molecule has 3 aromatic rings. The zero-order valence-electron chi connectivity index (χ0n) is 20.3. The first-order valence-electron chi connectivity index (χ1n) is 11.0. The highest BCUT2D eigenvalue weighted by molar-refractivity contribution is 6.05. The highest BCUT2D eigenvalue weighted by atomic mass is 19.4. The van der Waals surface area contributed by atoms with Crippen LogP contribution in [0.1, 0.15) is 34.7 Å². The van der Waals surface area contributed by atoms with Gasteiger partial charge in [-0.15, -0.1) is 0 Å². The lowest BCUT2D eigenvalue weighted by atomic mass is 10.0. The average Bonchev–Trinajstić information content (AvgIpc) is 2.91. The summed E-state index contributed by atoms with van der Waals surface area (Å²) in [6, 6.07) is 14.1. The summed E-state index contributed by atoms with van der Waals surface area (Å²) in [5.41, 5.74) is -8.03. The molecule has 0 aliphatic carbocycles. The van der Waals surface area contributed by atoms with Gasteiger partial charge in [0, 0.05) is 11.4 Å². The number of carbonyl (C=O) groups is 1. The Morgan fingerprint density at radius 2 is 1.25 bits per heavy atom. The Kier molecular flexibility index (Phi) is 8.09. The fourth-order valence-corrected chi connectivity index (χ4v) is 3.54. The molecule has 40 heavy (non-hydrogen) atoms. The van der Waals surface area contributed by atoms with Crippen LogP contribution in [0.2, 0.25) is 0 Å². The molecule has 0 aromatic heterocycles. The molecule has 204 valence electrons. The van der Waals surface area contributed by atoms with E-state index in [1.165, 1.54) is 36.4 Å². The minimum absolute atomic E-state index is 0.106. The average molecular weight is 558 g/mol. The van der Waals surface area contributed by atoms with Crippen molar-refractivity contribution in [3.05, 3.63) is 88.5 Å². The molecule has 7 nitrogen and oxygen atoms in total. The largest absolute Gasteiger partial charge is 0.490 e. The molecule has 0 bridgehead atoms. The maximum atomic E-state index is 13.7. The van der Waals surface area contributed by atoms with Crippen LogP contribution >= 0.6 is 0 Å². The van der Waals surface area contributed by atoms with Gasteiger partial charge in [0.2, 0.25) is 0 Å². The molecule has 0 aliphatic rings. The second kappa shape index (κ2) is 11.0. The molecule has 0 saturated heterocycles. The van der Waals surface area contributed by atoms with Crippen molar-refractivity contribution in [3.8, 4) is 24.0 Å². The van der Waals surface area contributed by atoms with Gasteiger partial charge < -0.3 is 9.84 Å². The Labute approximate surface area is 223 Å². The number of nitriles is 3. The molecular formula is C27H16F6N4O3. The van der Waals surface area contributed by atoms with Gasteiger partial charge in [0.05, 0.1) is 46.0 Å². The molecular weight excluding hydrogens is 542 g/mol.